The minimum Gasteiger partial charge on any atom is -0.497 e. The third-order valence-corrected chi connectivity index (χ3v) is 5.11. The van der Waals surface area contributed by atoms with Gasteiger partial charge in [-0.2, -0.15) is 0 Å². The molecule has 2 nitrogen and oxygen atoms in total. The Bertz CT molecular complexity index is 1180. The van der Waals surface area contributed by atoms with Crippen LogP contribution >= 0.6 is 0 Å². The van der Waals surface area contributed by atoms with Crippen molar-refractivity contribution in [2.75, 3.05) is 7.11 Å². The molecular weight excluding hydrogens is 455 g/mol. The molecule has 0 saturated carbocycles. The van der Waals surface area contributed by atoms with Crippen LogP contribution in [0.25, 0.3) is 34.1 Å². The zero-order valence-electron chi connectivity index (χ0n) is 19.4. The highest BCUT2D eigenvalue weighted by atomic mass is 19.5. The predicted octanol–water partition coefficient (Wildman–Crippen LogP) is 9.15. The first kappa shape index (κ1) is 25.8. The molecule has 0 radical (unpaired) electrons. The van der Waals surface area contributed by atoms with Gasteiger partial charge in [0.15, 0.2) is 0 Å². The van der Waals surface area contributed by atoms with E-state index in [2.05, 4.69) is 73.7 Å². The monoisotopic (exact) mass is 480 g/mol. The number of ether oxygens (including phenoxy) is 1. The molecule has 0 saturated heterocycles. The summed E-state index contributed by atoms with van der Waals surface area (Å²) in [7, 11) is -4.32. The molecule has 0 N–H and O–H groups in total. The van der Waals surface area contributed by atoms with Gasteiger partial charge in [-0.1, -0.05) is 67.6 Å². The van der Waals surface area contributed by atoms with Crippen molar-refractivity contribution in [3.63, 3.8) is 0 Å². The van der Waals surface area contributed by atoms with Crippen LogP contribution in [0.15, 0.2) is 101 Å². The second-order valence-corrected chi connectivity index (χ2v) is 7.60. The zero-order valence-corrected chi connectivity index (χ0v) is 19.4. The highest BCUT2D eigenvalue weighted by molar-refractivity contribution is 6.50. The van der Waals surface area contributed by atoms with E-state index in [1.807, 2.05) is 36.4 Å². The van der Waals surface area contributed by atoms with Gasteiger partial charge in [-0.05, 0) is 47.9 Å². The van der Waals surface area contributed by atoms with Gasteiger partial charge in [0.2, 0.25) is 0 Å². The number of rotatable bonds is 6. The molecule has 0 atom stereocenters. The SMILES string of the molecule is CCC(=Cc1ccc(OC)cc1)c1cc(-c2ccccc2)cc(-c2ccccc2)[o+]1.F[B-](F)(F)F. The molecule has 0 amide bonds. The third-order valence-electron chi connectivity index (χ3n) is 5.11. The molecule has 1 heterocycles. The fraction of sp³-hybridized carbons (Fsp3) is 0.107. The first-order valence-corrected chi connectivity index (χ1v) is 11.1. The van der Waals surface area contributed by atoms with E-state index in [0.29, 0.717) is 0 Å². The largest absolute Gasteiger partial charge is 0.673 e. The van der Waals surface area contributed by atoms with Crippen LogP contribution in [0.2, 0.25) is 0 Å². The maximum absolute atomic E-state index is 9.75. The topological polar surface area (TPSA) is 20.5 Å². The van der Waals surface area contributed by atoms with Crippen LogP contribution in [0.4, 0.5) is 17.3 Å². The summed E-state index contributed by atoms with van der Waals surface area (Å²) in [5, 5.41) is 0. The molecule has 1 aromatic heterocycles. The molecule has 3 aromatic carbocycles. The van der Waals surface area contributed by atoms with Crippen molar-refractivity contribution in [3.05, 3.63) is 108 Å². The van der Waals surface area contributed by atoms with Gasteiger partial charge in [-0.25, -0.2) is 4.42 Å². The summed E-state index contributed by atoms with van der Waals surface area (Å²) in [6.45, 7) is 2.16. The molecule has 0 aliphatic heterocycles. The molecule has 0 unspecified atom stereocenters. The molecule has 35 heavy (non-hydrogen) atoms. The van der Waals surface area contributed by atoms with Crippen molar-refractivity contribution in [3.8, 4) is 28.2 Å². The van der Waals surface area contributed by atoms with Crippen molar-refractivity contribution in [2.24, 2.45) is 0 Å². The number of hydrogen-bond donors (Lipinski definition) is 0. The lowest BCUT2D eigenvalue weighted by Gasteiger charge is -2.04. The molecule has 4 rings (SSSR count). The Morgan fingerprint density at radius 2 is 1.31 bits per heavy atom. The fourth-order valence-electron chi connectivity index (χ4n) is 3.45. The summed E-state index contributed by atoms with van der Waals surface area (Å²) in [6.07, 6.45) is 3.05. The van der Waals surface area contributed by atoms with Crippen molar-refractivity contribution >= 4 is 18.9 Å². The van der Waals surface area contributed by atoms with Gasteiger partial charge in [-0.15, -0.1) is 0 Å². The van der Waals surface area contributed by atoms with Gasteiger partial charge in [0.05, 0.1) is 30.4 Å². The number of halogens is 4. The normalized spacial score (nSPS) is 11.4. The summed E-state index contributed by atoms with van der Waals surface area (Å²) in [4.78, 5) is 0. The van der Waals surface area contributed by atoms with E-state index in [9.17, 15) is 17.3 Å². The lowest BCUT2D eigenvalue weighted by Crippen LogP contribution is -2.02. The van der Waals surface area contributed by atoms with Crippen molar-refractivity contribution in [1.29, 1.82) is 0 Å². The Labute approximate surface area is 202 Å². The van der Waals surface area contributed by atoms with E-state index in [4.69, 9.17) is 9.15 Å². The van der Waals surface area contributed by atoms with E-state index < -0.39 is 7.25 Å². The third kappa shape index (κ3) is 8.14. The molecule has 0 spiro atoms. The summed E-state index contributed by atoms with van der Waals surface area (Å²) >= 11 is 0. The molecule has 0 aliphatic rings. The second kappa shape index (κ2) is 12.0. The number of allylic oxidation sites excluding steroid dienone is 1. The van der Waals surface area contributed by atoms with Gasteiger partial charge in [0, 0.05) is 5.56 Å². The lowest BCUT2D eigenvalue weighted by molar-refractivity contribution is 0.368. The van der Waals surface area contributed by atoms with Gasteiger partial charge >= 0.3 is 18.8 Å². The van der Waals surface area contributed by atoms with Crippen molar-refractivity contribution < 1.29 is 26.4 Å². The van der Waals surface area contributed by atoms with E-state index in [-0.39, 0.29) is 0 Å². The smallest absolute Gasteiger partial charge is 0.497 e. The first-order chi connectivity index (χ1) is 16.8. The average Bonchev–Trinajstić information content (AvgIpc) is 2.87. The molecule has 180 valence electrons. The van der Waals surface area contributed by atoms with Crippen LogP contribution in [0.3, 0.4) is 0 Å². The van der Waals surface area contributed by atoms with Crippen molar-refractivity contribution in [1.82, 2.24) is 0 Å². The zero-order chi connectivity index (χ0) is 25.3. The van der Waals surface area contributed by atoms with Gasteiger partial charge in [-0.3, -0.25) is 0 Å². The summed E-state index contributed by atoms with van der Waals surface area (Å²) in [5.41, 5.74) is 5.65. The van der Waals surface area contributed by atoms with Crippen LogP contribution in [-0.2, 0) is 0 Å². The quantitative estimate of drug-likeness (QED) is 0.156. The van der Waals surface area contributed by atoms with Crippen LogP contribution in [-0.4, -0.2) is 14.4 Å². The van der Waals surface area contributed by atoms with Gasteiger partial charge in [0.25, 0.3) is 0 Å². The lowest BCUT2D eigenvalue weighted by atomic mass is 10.00. The maximum atomic E-state index is 9.75. The van der Waals surface area contributed by atoms with E-state index in [1.54, 1.807) is 7.11 Å². The first-order valence-electron chi connectivity index (χ1n) is 11.1. The molecule has 0 fully saturated rings. The summed E-state index contributed by atoms with van der Waals surface area (Å²) in [6, 6.07) is 33.0. The maximum Gasteiger partial charge on any atom is 0.673 e. The highest BCUT2D eigenvalue weighted by Gasteiger charge is 2.22. The number of methoxy groups -OCH3 is 1. The van der Waals surface area contributed by atoms with E-state index in [0.717, 1.165) is 46.0 Å². The summed E-state index contributed by atoms with van der Waals surface area (Å²) < 4.78 is 50.7. The van der Waals surface area contributed by atoms with E-state index in [1.165, 1.54) is 5.56 Å². The molecule has 0 aliphatic carbocycles. The minimum absolute atomic E-state index is 0.854. The second-order valence-electron chi connectivity index (χ2n) is 7.60. The van der Waals surface area contributed by atoms with Crippen molar-refractivity contribution in [2.45, 2.75) is 13.3 Å². The molecule has 0 bridgehead atoms. The average molecular weight is 480 g/mol. The Kier molecular flexibility index (Phi) is 8.84. The molecule has 4 aromatic rings. The Morgan fingerprint density at radius 3 is 1.83 bits per heavy atom. The minimum atomic E-state index is -6.00. The number of hydrogen-bond acceptors (Lipinski definition) is 1. The van der Waals surface area contributed by atoms with Gasteiger partial charge in [0.1, 0.15) is 5.75 Å². The Morgan fingerprint density at radius 1 is 0.771 bits per heavy atom. The summed E-state index contributed by atoms with van der Waals surface area (Å²) in [5.74, 6) is 2.60. The van der Waals surface area contributed by atoms with E-state index >= 15 is 0 Å². The number of benzene rings is 3. The van der Waals surface area contributed by atoms with Gasteiger partial charge < -0.3 is 22.0 Å². The Hall–Kier alpha value is -3.87. The Balaban J connectivity index is 0.000000623. The predicted molar refractivity (Wildman–Crippen MR) is 135 cm³/mol. The van der Waals surface area contributed by atoms with Crippen LogP contribution in [0.5, 0.6) is 5.75 Å². The van der Waals surface area contributed by atoms with Crippen LogP contribution in [0.1, 0.15) is 24.7 Å². The standard InChI is InChI=1S/C28H25O2.BF4/c1-3-22(18-21-14-16-26(29-2)17-15-21)27-19-25(23-10-6-4-7-11-23)20-28(30-27)24-12-8-5-9-13-24;2-1(3,4)5/h4-20H,3H2,1-2H3;/q+1;-1. The highest BCUT2D eigenvalue weighted by Crippen LogP contribution is 2.33. The fourth-order valence-corrected chi connectivity index (χ4v) is 3.45. The molecule has 7 heteroatoms. The van der Waals surface area contributed by atoms with Crippen LogP contribution < -0.4 is 4.74 Å². The van der Waals surface area contributed by atoms with Crippen LogP contribution in [0, 0.1) is 0 Å². The molecular formula is C28H25BF4O2.